The lowest BCUT2D eigenvalue weighted by atomic mass is 10.3. The van der Waals surface area contributed by atoms with Crippen molar-refractivity contribution in [1.82, 2.24) is 14.7 Å². The molecule has 0 spiro atoms. The van der Waals surface area contributed by atoms with Gasteiger partial charge in [0.15, 0.2) is 5.03 Å². The third-order valence-electron chi connectivity index (χ3n) is 3.73. The molecule has 0 atom stereocenters. The second-order valence-electron chi connectivity index (χ2n) is 5.82. The van der Waals surface area contributed by atoms with E-state index in [9.17, 15) is 26.4 Å². The first-order chi connectivity index (χ1) is 14.0. The van der Waals surface area contributed by atoms with Crippen molar-refractivity contribution in [2.75, 3.05) is 25.7 Å². The number of nitrogens with one attached hydrogen (secondary N) is 1. The molecule has 9 nitrogen and oxygen atoms in total. The van der Waals surface area contributed by atoms with Crippen LogP contribution in [0.25, 0.3) is 0 Å². The fourth-order valence-corrected chi connectivity index (χ4v) is 3.52. The van der Waals surface area contributed by atoms with Crippen molar-refractivity contribution in [3.63, 3.8) is 0 Å². The summed E-state index contributed by atoms with van der Waals surface area (Å²) in [5, 5.41) is -1.31. The number of carbonyl (C=O) groups excluding carboxylic acids is 1. The fourth-order valence-electron chi connectivity index (χ4n) is 2.41. The second-order valence-corrected chi connectivity index (χ2v) is 7.42. The maximum atomic E-state index is 13.2. The monoisotopic (exact) mass is 448 g/mol. The highest BCUT2D eigenvalue weighted by atomic mass is 32.2. The standard InChI is InChI=1S/C17H19F3N4O5S/c1-4-8-24(13-9-11(28-2)10-14(22-13)29-3)16(25)23-30(26,27)15-12(17(18,19)20)6-5-7-21-15/h5-7,9-10H,4,8H2,1-3H3,(H,23,25). The summed E-state index contributed by atoms with van der Waals surface area (Å²) in [4.78, 5) is 21.0. The van der Waals surface area contributed by atoms with E-state index in [1.807, 2.05) is 0 Å². The van der Waals surface area contributed by atoms with E-state index in [2.05, 4.69) is 9.97 Å². The van der Waals surface area contributed by atoms with Crippen molar-refractivity contribution in [2.24, 2.45) is 0 Å². The van der Waals surface area contributed by atoms with Gasteiger partial charge in [0.25, 0.3) is 10.0 Å². The van der Waals surface area contributed by atoms with E-state index in [1.165, 1.54) is 26.4 Å². The van der Waals surface area contributed by atoms with E-state index in [4.69, 9.17) is 9.47 Å². The van der Waals surface area contributed by atoms with Gasteiger partial charge in [0.1, 0.15) is 11.6 Å². The molecule has 0 fully saturated rings. The van der Waals surface area contributed by atoms with Crippen LogP contribution < -0.4 is 19.1 Å². The molecule has 0 bridgehead atoms. The summed E-state index contributed by atoms with van der Waals surface area (Å²) in [6.07, 6.45) is -3.70. The van der Waals surface area contributed by atoms with Crippen molar-refractivity contribution in [1.29, 1.82) is 0 Å². The SMILES string of the molecule is CCCN(C(=O)NS(=O)(=O)c1ncccc1C(F)(F)F)c1cc(OC)cc(OC)n1. The molecule has 2 aromatic heterocycles. The number of hydrogen-bond donors (Lipinski definition) is 1. The number of hydrogen-bond acceptors (Lipinski definition) is 7. The first-order valence-corrected chi connectivity index (χ1v) is 9.98. The summed E-state index contributed by atoms with van der Waals surface area (Å²) in [6.45, 7) is 1.73. The number of nitrogens with zero attached hydrogens (tertiary/aromatic N) is 3. The Morgan fingerprint density at radius 3 is 2.50 bits per heavy atom. The average molecular weight is 448 g/mol. The molecule has 2 heterocycles. The maximum absolute atomic E-state index is 13.2. The highest BCUT2D eigenvalue weighted by Crippen LogP contribution is 2.33. The number of ether oxygens (including phenoxy) is 2. The van der Waals surface area contributed by atoms with Crippen LogP contribution in [0.1, 0.15) is 18.9 Å². The largest absolute Gasteiger partial charge is 0.496 e. The van der Waals surface area contributed by atoms with Crippen LogP contribution in [0.2, 0.25) is 0 Å². The molecule has 0 aliphatic rings. The van der Waals surface area contributed by atoms with Crippen molar-refractivity contribution >= 4 is 21.9 Å². The van der Waals surface area contributed by atoms with E-state index in [0.717, 1.165) is 17.2 Å². The molecular formula is C17H19F3N4O5S. The van der Waals surface area contributed by atoms with E-state index >= 15 is 0 Å². The van der Waals surface area contributed by atoms with Crippen LogP contribution in [-0.4, -0.2) is 45.2 Å². The van der Waals surface area contributed by atoms with Gasteiger partial charge in [-0.25, -0.2) is 14.5 Å². The minimum absolute atomic E-state index is 0.0129. The molecule has 0 unspecified atom stereocenters. The maximum Gasteiger partial charge on any atom is 0.419 e. The van der Waals surface area contributed by atoms with E-state index in [0.29, 0.717) is 12.5 Å². The first kappa shape index (κ1) is 23.2. The number of rotatable bonds is 7. The molecule has 2 aromatic rings. The number of aromatic nitrogens is 2. The number of anilines is 1. The summed E-state index contributed by atoms with van der Waals surface area (Å²) in [7, 11) is -2.24. The highest BCUT2D eigenvalue weighted by Gasteiger charge is 2.39. The molecule has 0 saturated carbocycles. The smallest absolute Gasteiger partial charge is 0.419 e. The molecule has 0 aliphatic carbocycles. The molecule has 0 aliphatic heterocycles. The number of pyridine rings is 2. The number of sulfonamides is 1. The van der Waals surface area contributed by atoms with Gasteiger partial charge in [-0.2, -0.15) is 26.6 Å². The zero-order valence-corrected chi connectivity index (χ0v) is 17.0. The van der Waals surface area contributed by atoms with E-state index < -0.39 is 32.8 Å². The number of amides is 2. The molecule has 2 rings (SSSR count). The summed E-state index contributed by atoms with van der Waals surface area (Å²) < 4.78 is 76.2. The highest BCUT2D eigenvalue weighted by molar-refractivity contribution is 7.90. The zero-order chi connectivity index (χ0) is 22.5. The third kappa shape index (κ3) is 5.28. The Morgan fingerprint density at radius 2 is 1.93 bits per heavy atom. The van der Waals surface area contributed by atoms with Gasteiger partial charge >= 0.3 is 12.2 Å². The van der Waals surface area contributed by atoms with Gasteiger partial charge in [0.2, 0.25) is 5.88 Å². The van der Waals surface area contributed by atoms with Gasteiger partial charge in [-0.1, -0.05) is 6.92 Å². The minimum Gasteiger partial charge on any atom is -0.496 e. The molecule has 0 radical (unpaired) electrons. The minimum atomic E-state index is -4.98. The Kier molecular flexibility index (Phi) is 7.08. The molecule has 0 saturated heterocycles. The van der Waals surface area contributed by atoms with Crippen LogP contribution in [0.3, 0.4) is 0 Å². The van der Waals surface area contributed by atoms with Crippen LogP contribution in [0, 0.1) is 0 Å². The topological polar surface area (TPSA) is 111 Å². The Bertz CT molecular complexity index is 992. The fraction of sp³-hybridized carbons (Fsp3) is 0.353. The summed E-state index contributed by atoms with van der Waals surface area (Å²) in [5.74, 6) is 0.348. The normalized spacial score (nSPS) is 11.7. The number of methoxy groups -OCH3 is 2. The average Bonchev–Trinajstić information content (AvgIpc) is 2.70. The zero-order valence-electron chi connectivity index (χ0n) is 16.2. The van der Waals surface area contributed by atoms with Gasteiger partial charge in [-0.05, 0) is 18.6 Å². The lowest BCUT2D eigenvalue weighted by molar-refractivity contribution is -0.140. The summed E-state index contributed by atoms with van der Waals surface area (Å²) >= 11 is 0. The lowest BCUT2D eigenvalue weighted by Gasteiger charge is -2.22. The van der Waals surface area contributed by atoms with Crippen molar-refractivity contribution in [3.8, 4) is 11.6 Å². The van der Waals surface area contributed by atoms with Gasteiger partial charge in [-0.3, -0.25) is 4.90 Å². The quantitative estimate of drug-likeness (QED) is 0.693. The Labute approximate surface area is 170 Å². The second kappa shape index (κ2) is 9.15. The summed E-state index contributed by atoms with van der Waals surface area (Å²) in [5.41, 5.74) is -1.49. The van der Waals surface area contributed by atoms with E-state index in [-0.39, 0.29) is 24.0 Å². The van der Waals surface area contributed by atoms with Gasteiger partial charge in [-0.15, -0.1) is 0 Å². The van der Waals surface area contributed by atoms with Gasteiger partial charge in [0, 0.05) is 24.9 Å². The van der Waals surface area contributed by atoms with Crippen LogP contribution >= 0.6 is 0 Å². The number of urea groups is 1. The predicted molar refractivity (Wildman–Crippen MR) is 99.9 cm³/mol. The number of alkyl halides is 3. The third-order valence-corrected chi connectivity index (χ3v) is 5.01. The van der Waals surface area contributed by atoms with Crippen molar-refractivity contribution < 1.29 is 35.9 Å². The molecule has 2 amide bonds. The Hall–Kier alpha value is -3.09. The van der Waals surface area contributed by atoms with Crippen molar-refractivity contribution in [3.05, 3.63) is 36.0 Å². The number of carbonyl (C=O) groups is 1. The van der Waals surface area contributed by atoms with Crippen LogP contribution in [0.5, 0.6) is 11.6 Å². The van der Waals surface area contributed by atoms with E-state index in [1.54, 1.807) is 11.6 Å². The molecule has 1 N–H and O–H groups in total. The van der Waals surface area contributed by atoms with Crippen molar-refractivity contribution in [2.45, 2.75) is 24.5 Å². The van der Waals surface area contributed by atoms with Crippen LogP contribution in [0.15, 0.2) is 35.5 Å². The van der Waals surface area contributed by atoms with Gasteiger partial charge < -0.3 is 9.47 Å². The number of halogens is 3. The molecule has 164 valence electrons. The molecule has 0 aromatic carbocycles. The molecule has 30 heavy (non-hydrogen) atoms. The first-order valence-electron chi connectivity index (χ1n) is 8.50. The molecular weight excluding hydrogens is 429 g/mol. The van der Waals surface area contributed by atoms with Crippen LogP contribution in [-0.2, 0) is 16.2 Å². The predicted octanol–water partition coefficient (Wildman–Crippen LogP) is 2.83. The van der Waals surface area contributed by atoms with Crippen LogP contribution in [0.4, 0.5) is 23.8 Å². The lowest BCUT2D eigenvalue weighted by Crippen LogP contribution is -2.44. The Balaban J connectivity index is 2.43. The Morgan fingerprint density at radius 1 is 1.23 bits per heavy atom. The molecule has 13 heteroatoms. The summed E-state index contributed by atoms with van der Waals surface area (Å²) in [6, 6.07) is 3.08. The van der Waals surface area contributed by atoms with Gasteiger partial charge in [0.05, 0.1) is 19.8 Å².